The Bertz CT molecular complexity index is 424. The minimum atomic E-state index is 0.164. The molecule has 4 aliphatic rings. The van der Waals surface area contributed by atoms with E-state index >= 15 is 0 Å². The zero-order chi connectivity index (χ0) is 17.2. The Morgan fingerprint density at radius 2 is 1.92 bits per heavy atom. The summed E-state index contributed by atoms with van der Waals surface area (Å²) in [7, 11) is 4.36. The Labute approximate surface area is 151 Å². The van der Waals surface area contributed by atoms with E-state index in [1.807, 2.05) is 0 Å². The molecule has 0 amide bonds. The van der Waals surface area contributed by atoms with E-state index in [-0.39, 0.29) is 6.23 Å². The van der Waals surface area contributed by atoms with Crippen LogP contribution >= 0.6 is 0 Å². The maximum Gasteiger partial charge on any atom is 0.183 e. The van der Waals surface area contributed by atoms with Crippen LogP contribution in [0.25, 0.3) is 0 Å². The van der Waals surface area contributed by atoms with Gasteiger partial charge in [0, 0.05) is 38.0 Å². The van der Waals surface area contributed by atoms with Crippen molar-refractivity contribution < 1.29 is 19.8 Å². The number of hydrogen-bond acceptors (Lipinski definition) is 5. The third-order valence-corrected chi connectivity index (χ3v) is 6.91. The van der Waals surface area contributed by atoms with E-state index in [4.69, 9.17) is 9.57 Å². The average Bonchev–Trinajstić information content (AvgIpc) is 3.32. The molecule has 4 heterocycles. The summed E-state index contributed by atoms with van der Waals surface area (Å²) < 4.78 is 5.56. The van der Waals surface area contributed by atoms with Gasteiger partial charge in [0.25, 0.3) is 0 Å². The van der Waals surface area contributed by atoms with E-state index in [0.29, 0.717) is 24.3 Å². The minimum Gasteiger partial charge on any atom is -0.381 e. The molecule has 0 radical (unpaired) electrons. The Kier molecular flexibility index (Phi) is 5.91. The zero-order valence-electron chi connectivity index (χ0n) is 15.9. The normalized spacial score (nSPS) is 43.8. The van der Waals surface area contributed by atoms with Crippen molar-refractivity contribution in [1.29, 1.82) is 0 Å². The molecule has 5 unspecified atom stereocenters. The molecule has 4 fully saturated rings. The number of rotatable bonds is 4. The molecule has 0 saturated carbocycles. The van der Waals surface area contributed by atoms with Crippen molar-refractivity contribution in [3.05, 3.63) is 0 Å². The molecule has 144 valence electrons. The van der Waals surface area contributed by atoms with Crippen molar-refractivity contribution in [3.8, 4) is 0 Å². The van der Waals surface area contributed by atoms with Gasteiger partial charge in [-0.2, -0.15) is 5.48 Å². The van der Waals surface area contributed by atoms with Crippen LogP contribution in [0, 0.1) is 5.92 Å². The molecule has 0 aromatic carbocycles. The van der Waals surface area contributed by atoms with Gasteiger partial charge in [-0.25, -0.2) is 0 Å². The van der Waals surface area contributed by atoms with Crippen molar-refractivity contribution in [2.24, 2.45) is 5.92 Å². The first-order chi connectivity index (χ1) is 12.2. The van der Waals surface area contributed by atoms with Gasteiger partial charge in [-0.15, -0.1) is 0 Å². The molecule has 25 heavy (non-hydrogen) atoms. The molecule has 4 rings (SSSR count). The number of nitrogens with zero attached hydrogens (tertiary/aromatic N) is 1. The molecule has 0 spiro atoms. The first kappa shape index (κ1) is 18.1. The summed E-state index contributed by atoms with van der Waals surface area (Å²) in [6, 6.07) is 1.34. The molecule has 6 atom stereocenters. The second kappa shape index (κ2) is 8.17. The summed E-state index contributed by atoms with van der Waals surface area (Å²) in [6.45, 7) is 4.34. The summed E-state index contributed by atoms with van der Waals surface area (Å²) in [5, 5.41) is 6.28. The second-order valence-corrected chi connectivity index (χ2v) is 8.60. The second-order valence-electron chi connectivity index (χ2n) is 8.60. The van der Waals surface area contributed by atoms with E-state index in [1.54, 1.807) is 4.90 Å². The van der Waals surface area contributed by atoms with Crippen molar-refractivity contribution in [3.63, 3.8) is 0 Å². The average molecular weight is 356 g/mol. The zero-order valence-corrected chi connectivity index (χ0v) is 15.9. The summed E-state index contributed by atoms with van der Waals surface area (Å²) in [6.07, 6.45) is 8.64. The summed E-state index contributed by atoms with van der Waals surface area (Å²) in [4.78, 5) is 10.1. The quantitative estimate of drug-likeness (QED) is 0.463. The minimum absolute atomic E-state index is 0.164. The fourth-order valence-electron chi connectivity index (χ4n) is 5.36. The third-order valence-electron chi connectivity index (χ3n) is 6.91. The topological polar surface area (TPSA) is 66.8 Å². The molecule has 0 aliphatic carbocycles. The molecule has 5 N–H and O–H groups in total. The van der Waals surface area contributed by atoms with E-state index in [2.05, 4.69) is 35.1 Å². The number of nitrogens with one attached hydrogen (secondary N) is 3. The summed E-state index contributed by atoms with van der Waals surface area (Å²) >= 11 is 0. The van der Waals surface area contributed by atoms with Crippen LogP contribution in [-0.2, 0) is 9.57 Å². The van der Waals surface area contributed by atoms with Crippen LogP contribution < -0.4 is 21.0 Å². The SMILES string of the molecule is CN(C)C1CCC(C2NOC([C@H]3CCC[NH+]3C3CCOCC3)N2)C[NH2+]1. The Morgan fingerprint density at radius 1 is 1.08 bits per heavy atom. The Balaban J connectivity index is 1.30. The predicted molar refractivity (Wildman–Crippen MR) is 94.6 cm³/mol. The van der Waals surface area contributed by atoms with Crippen LogP contribution in [0.5, 0.6) is 0 Å². The molecule has 4 aliphatic heterocycles. The van der Waals surface area contributed by atoms with E-state index < -0.39 is 0 Å². The smallest absolute Gasteiger partial charge is 0.183 e. The standard InChI is InChI=1S/C18H35N5O2/c1-22(2)16-6-5-13(12-19-16)17-20-18(25-21-17)15-4-3-9-23(15)14-7-10-24-11-8-14/h13-21H,3-12H2,1-2H3/p+2/t13?,15-,16?,17?,18?/m1/s1. The van der Waals surface area contributed by atoms with E-state index in [9.17, 15) is 0 Å². The van der Waals surface area contributed by atoms with Gasteiger partial charge in [0.1, 0.15) is 12.2 Å². The number of nitrogens with two attached hydrogens (primary N) is 1. The number of hydrogen-bond donors (Lipinski definition) is 4. The molecule has 7 nitrogen and oxygen atoms in total. The lowest BCUT2D eigenvalue weighted by Crippen LogP contribution is -3.19. The highest BCUT2D eigenvalue weighted by Gasteiger charge is 2.45. The monoisotopic (exact) mass is 355 g/mol. The van der Waals surface area contributed by atoms with Crippen LogP contribution in [0.15, 0.2) is 0 Å². The molecular weight excluding hydrogens is 318 g/mol. The fraction of sp³-hybridized carbons (Fsp3) is 1.00. The van der Waals surface area contributed by atoms with Crippen LogP contribution in [0.3, 0.4) is 0 Å². The molecule has 0 bridgehead atoms. The van der Waals surface area contributed by atoms with E-state index in [0.717, 1.165) is 19.3 Å². The van der Waals surface area contributed by atoms with Gasteiger partial charge in [-0.05, 0) is 20.5 Å². The molecule has 7 heteroatoms. The molecule has 4 saturated heterocycles. The number of piperidine rings is 1. The van der Waals surface area contributed by atoms with Crippen molar-refractivity contribution >= 4 is 0 Å². The van der Waals surface area contributed by atoms with Gasteiger partial charge >= 0.3 is 0 Å². The lowest BCUT2D eigenvalue weighted by atomic mass is 9.94. The number of hydroxylamine groups is 1. The van der Waals surface area contributed by atoms with Crippen molar-refractivity contribution in [2.75, 3.05) is 40.4 Å². The summed E-state index contributed by atoms with van der Waals surface area (Å²) in [5.41, 5.74) is 3.34. The van der Waals surface area contributed by atoms with Gasteiger partial charge in [-0.3, -0.25) is 15.1 Å². The predicted octanol–water partition coefficient (Wildman–Crippen LogP) is -2.15. The number of likely N-dealkylation sites (tertiary alicyclic amines) is 1. The first-order valence-electron chi connectivity index (χ1n) is 10.3. The van der Waals surface area contributed by atoms with E-state index in [1.165, 1.54) is 51.6 Å². The van der Waals surface area contributed by atoms with Gasteiger partial charge in [0.15, 0.2) is 6.23 Å². The fourth-order valence-corrected chi connectivity index (χ4v) is 5.36. The maximum absolute atomic E-state index is 6.06. The highest BCUT2D eigenvalue weighted by Crippen LogP contribution is 2.20. The lowest BCUT2D eigenvalue weighted by molar-refractivity contribution is -0.942. The maximum atomic E-state index is 6.06. The summed E-state index contributed by atoms with van der Waals surface area (Å²) in [5.74, 6) is 0.647. The Hall–Kier alpha value is -0.280. The lowest BCUT2D eigenvalue weighted by Gasteiger charge is -2.35. The third kappa shape index (κ3) is 4.03. The van der Waals surface area contributed by atoms with Crippen molar-refractivity contribution in [2.45, 2.75) is 69.2 Å². The van der Waals surface area contributed by atoms with Gasteiger partial charge in [0.05, 0.1) is 38.5 Å². The highest BCUT2D eigenvalue weighted by atomic mass is 16.7. The van der Waals surface area contributed by atoms with Gasteiger partial charge in [-0.1, -0.05) is 0 Å². The van der Waals surface area contributed by atoms with Crippen LogP contribution in [-0.4, -0.2) is 75.9 Å². The molecule has 0 aromatic rings. The van der Waals surface area contributed by atoms with Crippen LogP contribution in [0.2, 0.25) is 0 Å². The van der Waals surface area contributed by atoms with Crippen LogP contribution in [0.4, 0.5) is 0 Å². The Morgan fingerprint density at radius 3 is 2.64 bits per heavy atom. The number of quaternary nitrogens is 2. The highest BCUT2D eigenvalue weighted by molar-refractivity contribution is 4.84. The number of ether oxygens (including phenoxy) is 1. The van der Waals surface area contributed by atoms with Crippen molar-refractivity contribution in [1.82, 2.24) is 15.7 Å². The van der Waals surface area contributed by atoms with Gasteiger partial charge < -0.3 is 15.0 Å². The first-order valence-corrected chi connectivity index (χ1v) is 10.3. The van der Waals surface area contributed by atoms with Crippen LogP contribution in [0.1, 0.15) is 38.5 Å². The molecular formula is C18H37N5O2+2. The largest absolute Gasteiger partial charge is 0.381 e. The van der Waals surface area contributed by atoms with Gasteiger partial charge in [0.2, 0.25) is 0 Å². The molecule has 0 aromatic heterocycles.